The summed E-state index contributed by atoms with van der Waals surface area (Å²) in [5, 5.41) is 7.32. The summed E-state index contributed by atoms with van der Waals surface area (Å²) in [4.78, 5) is 0. The molecule has 1 nitrogen and oxygen atoms in total. The highest BCUT2D eigenvalue weighted by Gasteiger charge is 2.11. The summed E-state index contributed by atoms with van der Waals surface area (Å²) in [6.07, 6.45) is 1.33. The second kappa shape index (κ2) is 6.22. The Labute approximate surface area is 71.4 Å². The molecule has 0 unspecified atom stereocenters. The summed E-state index contributed by atoms with van der Waals surface area (Å²) in [5.74, 6) is 0.843. The molecule has 66 valence electrons. The van der Waals surface area contributed by atoms with Crippen molar-refractivity contribution >= 4 is 0 Å². The van der Waals surface area contributed by atoms with Crippen LogP contribution in [0, 0.1) is 22.7 Å². The van der Waals surface area contributed by atoms with Gasteiger partial charge in [-0.1, -0.05) is 34.6 Å². The average molecular weight is 155 g/mol. The van der Waals surface area contributed by atoms with Crippen LogP contribution in [0.4, 0.5) is 0 Å². The normalized spacial score (nSPS) is 10.0. The summed E-state index contributed by atoms with van der Waals surface area (Å²) in [6, 6.07) is 1.75. The molecule has 0 aromatic heterocycles. The van der Waals surface area contributed by atoms with Crippen molar-refractivity contribution < 1.29 is 0 Å². The molecule has 0 aromatic rings. The Bertz CT molecular complexity index is 112. The van der Waals surface area contributed by atoms with E-state index < -0.39 is 0 Å². The molecule has 0 heterocycles. The second-order valence-electron chi connectivity index (χ2n) is 4.38. The standard InChI is InChI=1S/C8H18.C2H3N/c1-7(2)6-8(3,4)5;1-2-3/h7H,6H2,1-5H3;1H3. The van der Waals surface area contributed by atoms with Crippen LogP contribution in [0.25, 0.3) is 0 Å². The van der Waals surface area contributed by atoms with Gasteiger partial charge in [0.2, 0.25) is 0 Å². The minimum Gasteiger partial charge on any atom is -0.199 e. The third-order valence-corrected chi connectivity index (χ3v) is 1.02. The van der Waals surface area contributed by atoms with E-state index in [0.29, 0.717) is 5.41 Å². The van der Waals surface area contributed by atoms with Gasteiger partial charge in [0.15, 0.2) is 0 Å². The van der Waals surface area contributed by atoms with Gasteiger partial charge in [-0.3, -0.25) is 0 Å². The quantitative estimate of drug-likeness (QED) is 0.567. The maximum atomic E-state index is 7.32. The molecule has 0 N–H and O–H groups in total. The van der Waals surface area contributed by atoms with Gasteiger partial charge in [0.1, 0.15) is 0 Å². The van der Waals surface area contributed by atoms with E-state index >= 15 is 0 Å². The molecule has 0 atom stereocenters. The van der Waals surface area contributed by atoms with Crippen molar-refractivity contribution in [3.05, 3.63) is 0 Å². The van der Waals surface area contributed by atoms with Crippen molar-refractivity contribution in [3.63, 3.8) is 0 Å². The Morgan fingerprint density at radius 2 is 1.55 bits per heavy atom. The van der Waals surface area contributed by atoms with E-state index in [0.717, 1.165) is 5.92 Å². The molecule has 11 heavy (non-hydrogen) atoms. The molecule has 0 aliphatic rings. The van der Waals surface area contributed by atoms with Gasteiger partial charge in [-0.05, 0) is 17.8 Å². The van der Waals surface area contributed by atoms with Gasteiger partial charge >= 0.3 is 0 Å². The van der Waals surface area contributed by atoms with Crippen LogP contribution in [0.5, 0.6) is 0 Å². The van der Waals surface area contributed by atoms with Crippen LogP contribution in [0.2, 0.25) is 0 Å². The van der Waals surface area contributed by atoms with Crippen LogP contribution >= 0.6 is 0 Å². The summed E-state index contributed by atoms with van der Waals surface area (Å²) in [5.41, 5.74) is 0.522. The smallest absolute Gasteiger partial charge is 0.0587 e. The van der Waals surface area contributed by atoms with Gasteiger partial charge in [-0.15, -0.1) is 0 Å². The lowest BCUT2D eigenvalue weighted by molar-refractivity contribution is 0.320. The van der Waals surface area contributed by atoms with E-state index in [1.54, 1.807) is 6.07 Å². The summed E-state index contributed by atoms with van der Waals surface area (Å²) in [6.45, 7) is 12.8. The minimum atomic E-state index is 0.522. The molecule has 0 aliphatic heterocycles. The van der Waals surface area contributed by atoms with Crippen molar-refractivity contribution in [1.29, 1.82) is 5.26 Å². The van der Waals surface area contributed by atoms with E-state index in [-0.39, 0.29) is 0 Å². The van der Waals surface area contributed by atoms with Gasteiger partial charge in [0, 0.05) is 6.92 Å². The Morgan fingerprint density at radius 1 is 1.27 bits per heavy atom. The zero-order valence-corrected chi connectivity index (χ0v) is 8.73. The lowest BCUT2D eigenvalue weighted by Gasteiger charge is -2.19. The first-order valence-corrected chi connectivity index (χ1v) is 4.14. The maximum Gasteiger partial charge on any atom is 0.0587 e. The maximum absolute atomic E-state index is 7.32. The average Bonchev–Trinajstić information content (AvgIpc) is 1.57. The zero-order valence-electron chi connectivity index (χ0n) is 8.73. The molecule has 0 aliphatic carbocycles. The van der Waals surface area contributed by atoms with E-state index in [4.69, 9.17) is 5.26 Å². The monoisotopic (exact) mass is 155 g/mol. The van der Waals surface area contributed by atoms with Gasteiger partial charge in [-0.25, -0.2) is 0 Å². The summed E-state index contributed by atoms with van der Waals surface area (Å²) < 4.78 is 0. The fraction of sp³-hybridized carbons (Fsp3) is 0.900. The van der Waals surface area contributed by atoms with Crippen LogP contribution < -0.4 is 0 Å². The summed E-state index contributed by atoms with van der Waals surface area (Å²) >= 11 is 0. The number of nitrogens with zero attached hydrogens (tertiary/aromatic N) is 1. The van der Waals surface area contributed by atoms with Gasteiger partial charge in [0.25, 0.3) is 0 Å². The Balaban J connectivity index is 0. The Kier molecular flexibility index (Phi) is 7.41. The SMILES string of the molecule is CC#N.CC(C)CC(C)(C)C. The predicted molar refractivity (Wildman–Crippen MR) is 50.2 cm³/mol. The fourth-order valence-electron chi connectivity index (χ4n) is 1.22. The zero-order chi connectivity index (χ0) is 9.49. The molecule has 0 saturated heterocycles. The van der Waals surface area contributed by atoms with E-state index in [9.17, 15) is 0 Å². The summed E-state index contributed by atoms with van der Waals surface area (Å²) in [7, 11) is 0. The number of hydrogen-bond acceptors (Lipinski definition) is 1. The van der Waals surface area contributed by atoms with Crippen molar-refractivity contribution in [2.75, 3.05) is 0 Å². The highest BCUT2D eigenvalue weighted by atomic mass is 14.2. The first kappa shape index (κ1) is 13.1. The molecule has 0 spiro atoms. The van der Waals surface area contributed by atoms with E-state index in [1.165, 1.54) is 13.3 Å². The van der Waals surface area contributed by atoms with Crippen LogP contribution in [0.1, 0.15) is 48.0 Å². The largest absolute Gasteiger partial charge is 0.199 e. The molecular weight excluding hydrogens is 134 g/mol. The number of nitriles is 1. The Morgan fingerprint density at radius 3 is 1.55 bits per heavy atom. The third kappa shape index (κ3) is 26.4. The fourth-order valence-corrected chi connectivity index (χ4v) is 1.22. The molecule has 0 radical (unpaired) electrons. The highest BCUT2D eigenvalue weighted by molar-refractivity contribution is 4.62. The van der Waals surface area contributed by atoms with E-state index in [1.807, 2.05) is 0 Å². The molecule has 0 bridgehead atoms. The molecular formula is C10H21N. The topological polar surface area (TPSA) is 23.8 Å². The lowest BCUT2D eigenvalue weighted by Crippen LogP contribution is -2.08. The first-order valence-electron chi connectivity index (χ1n) is 4.14. The molecule has 0 amide bonds. The molecule has 1 heteroatoms. The highest BCUT2D eigenvalue weighted by Crippen LogP contribution is 2.23. The number of rotatable bonds is 1. The van der Waals surface area contributed by atoms with Crippen molar-refractivity contribution in [2.45, 2.75) is 48.0 Å². The van der Waals surface area contributed by atoms with Gasteiger partial charge in [0.05, 0.1) is 6.07 Å². The van der Waals surface area contributed by atoms with Crippen LogP contribution in [-0.4, -0.2) is 0 Å². The van der Waals surface area contributed by atoms with Crippen molar-refractivity contribution in [1.82, 2.24) is 0 Å². The van der Waals surface area contributed by atoms with Crippen molar-refractivity contribution in [2.24, 2.45) is 11.3 Å². The minimum absolute atomic E-state index is 0.522. The Hall–Kier alpha value is -0.510. The van der Waals surface area contributed by atoms with E-state index in [2.05, 4.69) is 34.6 Å². The van der Waals surface area contributed by atoms with Gasteiger partial charge < -0.3 is 0 Å². The first-order chi connectivity index (χ1) is 4.83. The second-order valence-corrected chi connectivity index (χ2v) is 4.38. The molecule has 0 rings (SSSR count). The molecule has 0 saturated carbocycles. The lowest BCUT2D eigenvalue weighted by atomic mass is 9.86. The van der Waals surface area contributed by atoms with Crippen LogP contribution in [-0.2, 0) is 0 Å². The molecule has 0 aromatic carbocycles. The van der Waals surface area contributed by atoms with Gasteiger partial charge in [-0.2, -0.15) is 5.26 Å². The van der Waals surface area contributed by atoms with Crippen LogP contribution in [0.3, 0.4) is 0 Å². The van der Waals surface area contributed by atoms with Crippen LogP contribution in [0.15, 0.2) is 0 Å². The third-order valence-electron chi connectivity index (χ3n) is 1.02. The molecule has 0 fully saturated rings. The van der Waals surface area contributed by atoms with Crippen molar-refractivity contribution in [3.8, 4) is 6.07 Å². The number of hydrogen-bond donors (Lipinski definition) is 0. The predicted octanol–water partition coefficient (Wildman–Crippen LogP) is 3.61.